The summed E-state index contributed by atoms with van der Waals surface area (Å²) < 4.78 is 5.26. The van der Waals surface area contributed by atoms with E-state index < -0.39 is 17.3 Å². The second-order valence-electron chi connectivity index (χ2n) is 5.18. The summed E-state index contributed by atoms with van der Waals surface area (Å²) in [6.07, 6.45) is 1.84. The Labute approximate surface area is 106 Å². The second-order valence-corrected chi connectivity index (χ2v) is 5.18. The first-order valence-electron chi connectivity index (χ1n) is 5.92. The molecule has 0 N–H and O–H groups in total. The molecular weight excluding hydrogens is 228 g/mol. The average Bonchev–Trinajstić information content (AvgIpc) is 2.49. The predicted molar refractivity (Wildman–Crippen MR) is 68.1 cm³/mol. The van der Waals surface area contributed by atoms with Gasteiger partial charge in [-0.3, -0.25) is 9.59 Å². The average molecular weight is 244 g/mol. The van der Waals surface area contributed by atoms with E-state index in [2.05, 4.69) is 0 Å². The van der Waals surface area contributed by atoms with Crippen LogP contribution in [0, 0.1) is 11.3 Å². The summed E-state index contributed by atoms with van der Waals surface area (Å²) in [5, 5.41) is 0. The van der Waals surface area contributed by atoms with Crippen LogP contribution in [0.25, 0.3) is 0 Å². The summed E-state index contributed by atoms with van der Waals surface area (Å²) in [7, 11) is 0. The number of ether oxygens (including phenoxy) is 1. The summed E-state index contributed by atoms with van der Waals surface area (Å²) in [6.45, 7) is 5.48. The Bertz CT molecular complexity index is 512. The van der Waals surface area contributed by atoms with Crippen molar-refractivity contribution in [1.82, 2.24) is 0 Å². The highest BCUT2D eigenvalue weighted by Crippen LogP contribution is 2.39. The molecule has 94 valence electrons. The van der Waals surface area contributed by atoms with Gasteiger partial charge in [-0.25, -0.2) is 0 Å². The molecule has 0 saturated heterocycles. The maximum atomic E-state index is 12.1. The van der Waals surface area contributed by atoms with Crippen molar-refractivity contribution in [1.29, 1.82) is 0 Å². The van der Waals surface area contributed by atoms with Crippen LogP contribution in [0.2, 0.25) is 0 Å². The van der Waals surface area contributed by atoms with E-state index in [4.69, 9.17) is 4.74 Å². The number of hydrogen-bond acceptors (Lipinski definition) is 3. The lowest BCUT2D eigenvalue weighted by Crippen LogP contribution is -2.34. The number of para-hydroxylation sites is 1. The van der Waals surface area contributed by atoms with Crippen LogP contribution in [0.15, 0.2) is 42.0 Å². The molecule has 0 spiro atoms. The van der Waals surface area contributed by atoms with Crippen LogP contribution >= 0.6 is 0 Å². The quantitative estimate of drug-likeness (QED) is 0.456. The Morgan fingerprint density at radius 2 is 1.83 bits per heavy atom. The maximum absolute atomic E-state index is 12.1. The molecule has 3 heteroatoms. The molecule has 1 unspecified atom stereocenters. The minimum absolute atomic E-state index is 0.138. The van der Waals surface area contributed by atoms with Crippen LogP contribution in [0.3, 0.4) is 0 Å². The molecule has 0 aromatic heterocycles. The lowest BCUT2D eigenvalue weighted by atomic mass is 9.81. The molecule has 0 bridgehead atoms. The van der Waals surface area contributed by atoms with Crippen molar-refractivity contribution in [3.63, 3.8) is 0 Å². The topological polar surface area (TPSA) is 43.4 Å². The van der Waals surface area contributed by atoms with Gasteiger partial charge in [0.25, 0.3) is 0 Å². The highest BCUT2D eigenvalue weighted by atomic mass is 16.5. The molecule has 1 aromatic carbocycles. The van der Waals surface area contributed by atoms with Crippen molar-refractivity contribution in [2.24, 2.45) is 11.3 Å². The fourth-order valence-electron chi connectivity index (χ4n) is 2.35. The Hall–Kier alpha value is -1.90. The van der Waals surface area contributed by atoms with E-state index in [1.807, 2.05) is 26.0 Å². The highest BCUT2D eigenvalue weighted by molar-refractivity contribution is 6.11. The van der Waals surface area contributed by atoms with Gasteiger partial charge in [-0.15, -0.1) is 0 Å². The van der Waals surface area contributed by atoms with Crippen molar-refractivity contribution < 1.29 is 14.3 Å². The van der Waals surface area contributed by atoms with Crippen LogP contribution in [-0.4, -0.2) is 11.8 Å². The summed E-state index contributed by atoms with van der Waals surface area (Å²) in [4.78, 5) is 24.1. The molecule has 1 aliphatic carbocycles. The lowest BCUT2D eigenvalue weighted by molar-refractivity contribution is -0.145. The van der Waals surface area contributed by atoms with Crippen LogP contribution in [-0.2, 0) is 9.59 Å². The van der Waals surface area contributed by atoms with E-state index >= 15 is 0 Å². The van der Waals surface area contributed by atoms with Crippen LogP contribution in [0.5, 0.6) is 5.75 Å². The predicted octanol–water partition coefficient (Wildman–Crippen LogP) is 2.76. The first kappa shape index (κ1) is 12.6. The molecule has 1 atom stereocenters. The standard InChI is InChI=1S/C15H16O3/c1-10-9-15(2,3)12(13(10)16)14(17)18-11-7-5-4-6-8-11/h4-9,12H,1-3H3. The molecule has 18 heavy (non-hydrogen) atoms. The summed E-state index contributed by atoms with van der Waals surface area (Å²) in [5.74, 6) is -0.890. The second kappa shape index (κ2) is 4.41. The van der Waals surface area contributed by atoms with Crippen LogP contribution < -0.4 is 4.74 Å². The number of hydrogen-bond donors (Lipinski definition) is 0. The van der Waals surface area contributed by atoms with Gasteiger partial charge < -0.3 is 4.74 Å². The van der Waals surface area contributed by atoms with Gasteiger partial charge in [0.05, 0.1) is 0 Å². The number of rotatable bonds is 2. The highest BCUT2D eigenvalue weighted by Gasteiger charge is 2.46. The number of carbonyl (C=O) groups excluding carboxylic acids is 2. The first-order valence-corrected chi connectivity index (χ1v) is 5.92. The molecule has 1 aliphatic rings. The van der Waals surface area contributed by atoms with Gasteiger partial charge in [0.15, 0.2) is 5.78 Å². The van der Waals surface area contributed by atoms with Crippen LogP contribution in [0.4, 0.5) is 0 Å². The van der Waals surface area contributed by atoms with Crippen molar-refractivity contribution in [3.05, 3.63) is 42.0 Å². The third-order valence-electron chi connectivity index (χ3n) is 3.18. The summed E-state index contributed by atoms with van der Waals surface area (Å²) in [6, 6.07) is 8.81. The number of allylic oxidation sites excluding steroid dienone is 2. The zero-order valence-electron chi connectivity index (χ0n) is 10.8. The Morgan fingerprint density at radius 3 is 2.33 bits per heavy atom. The SMILES string of the molecule is CC1=CC(C)(C)C(C(=O)Oc2ccccc2)C1=O. The fraction of sp³-hybridized carbons (Fsp3) is 0.333. The maximum Gasteiger partial charge on any atom is 0.323 e. The molecule has 2 rings (SSSR count). The van der Waals surface area contributed by atoms with E-state index in [9.17, 15) is 9.59 Å². The molecule has 1 aromatic rings. The molecule has 0 saturated carbocycles. The van der Waals surface area contributed by atoms with Gasteiger partial charge in [0.2, 0.25) is 0 Å². The summed E-state index contributed by atoms with van der Waals surface area (Å²) in [5.41, 5.74) is 0.155. The number of benzene rings is 1. The van der Waals surface area contributed by atoms with Gasteiger partial charge in [0, 0.05) is 5.41 Å². The lowest BCUT2D eigenvalue weighted by Gasteiger charge is -2.22. The van der Waals surface area contributed by atoms with Gasteiger partial charge in [0.1, 0.15) is 11.7 Å². The van der Waals surface area contributed by atoms with E-state index in [1.165, 1.54) is 0 Å². The molecular formula is C15H16O3. The largest absolute Gasteiger partial charge is 0.426 e. The molecule has 0 aliphatic heterocycles. The van der Waals surface area contributed by atoms with Crippen molar-refractivity contribution in [2.75, 3.05) is 0 Å². The van der Waals surface area contributed by atoms with Gasteiger partial charge in [-0.05, 0) is 24.6 Å². The third-order valence-corrected chi connectivity index (χ3v) is 3.18. The Balaban J connectivity index is 2.18. The van der Waals surface area contributed by atoms with Crippen molar-refractivity contribution >= 4 is 11.8 Å². The number of esters is 1. The number of carbonyl (C=O) groups is 2. The summed E-state index contributed by atoms with van der Waals surface area (Å²) >= 11 is 0. The molecule has 0 amide bonds. The van der Waals surface area contributed by atoms with Crippen LogP contribution in [0.1, 0.15) is 20.8 Å². The van der Waals surface area contributed by atoms with E-state index in [0.29, 0.717) is 11.3 Å². The van der Waals surface area contributed by atoms with Gasteiger partial charge >= 0.3 is 5.97 Å². The van der Waals surface area contributed by atoms with E-state index in [1.54, 1.807) is 31.2 Å². The monoisotopic (exact) mass is 244 g/mol. The fourth-order valence-corrected chi connectivity index (χ4v) is 2.35. The minimum atomic E-state index is -0.738. The smallest absolute Gasteiger partial charge is 0.323 e. The number of ketones is 1. The molecule has 0 heterocycles. The Kier molecular flexibility index (Phi) is 3.07. The van der Waals surface area contributed by atoms with Gasteiger partial charge in [-0.1, -0.05) is 38.1 Å². The van der Waals surface area contributed by atoms with Crippen molar-refractivity contribution in [2.45, 2.75) is 20.8 Å². The van der Waals surface area contributed by atoms with Crippen molar-refractivity contribution in [3.8, 4) is 5.75 Å². The normalized spacial score (nSPS) is 21.6. The Morgan fingerprint density at radius 1 is 1.22 bits per heavy atom. The van der Waals surface area contributed by atoms with Gasteiger partial charge in [-0.2, -0.15) is 0 Å². The third kappa shape index (κ3) is 2.21. The minimum Gasteiger partial charge on any atom is -0.426 e. The molecule has 0 fully saturated rings. The first-order chi connectivity index (χ1) is 8.42. The van der Waals surface area contributed by atoms with E-state index in [-0.39, 0.29) is 5.78 Å². The zero-order chi connectivity index (χ0) is 13.3. The van der Waals surface area contributed by atoms with E-state index in [0.717, 1.165) is 0 Å². The zero-order valence-corrected chi connectivity index (χ0v) is 10.8. The number of Topliss-reactive ketones (excluding diaryl/α,β-unsaturated/α-hetero) is 1. The molecule has 0 radical (unpaired) electrons. The molecule has 3 nitrogen and oxygen atoms in total.